The van der Waals surface area contributed by atoms with Crippen molar-refractivity contribution in [3.8, 4) is 0 Å². The maximum Gasteiger partial charge on any atom is 0.0547 e. The molecule has 0 spiro atoms. The van der Waals surface area contributed by atoms with E-state index in [0.717, 1.165) is 24.7 Å². The van der Waals surface area contributed by atoms with Crippen molar-refractivity contribution >= 4 is 0 Å². The lowest BCUT2D eigenvalue weighted by molar-refractivity contribution is 0.122. The van der Waals surface area contributed by atoms with Crippen molar-refractivity contribution in [2.45, 2.75) is 25.9 Å². The summed E-state index contributed by atoms with van der Waals surface area (Å²) in [5.41, 5.74) is 2.34. The summed E-state index contributed by atoms with van der Waals surface area (Å²) in [7, 11) is 1.97. The predicted molar refractivity (Wildman–Crippen MR) is 81.4 cm³/mol. The Morgan fingerprint density at radius 3 is 2.50 bits per heavy atom. The molecule has 0 atom stereocenters. The van der Waals surface area contributed by atoms with Crippen LogP contribution in [0.25, 0.3) is 0 Å². The van der Waals surface area contributed by atoms with Crippen molar-refractivity contribution < 1.29 is 0 Å². The third kappa shape index (κ3) is 4.01. The van der Waals surface area contributed by atoms with E-state index in [4.69, 9.17) is 4.98 Å². The second-order valence-electron chi connectivity index (χ2n) is 6.17. The standard InChI is InChI=1S/C16H26N4/c1-17-11-15-3-2-4-16(18-15)13-20-9-7-19(8-10-20)12-14-5-6-14/h2-4,14,17H,5-13H2,1H3. The number of hydrogen-bond acceptors (Lipinski definition) is 4. The monoisotopic (exact) mass is 274 g/mol. The highest BCUT2D eigenvalue weighted by Crippen LogP contribution is 2.29. The third-order valence-corrected chi connectivity index (χ3v) is 4.29. The number of nitrogens with zero attached hydrogens (tertiary/aromatic N) is 3. The van der Waals surface area contributed by atoms with Gasteiger partial charge in [0.1, 0.15) is 0 Å². The highest BCUT2D eigenvalue weighted by Gasteiger charge is 2.26. The minimum atomic E-state index is 0.850. The van der Waals surface area contributed by atoms with Crippen LogP contribution in [0.2, 0.25) is 0 Å². The summed E-state index contributed by atoms with van der Waals surface area (Å²) in [6.45, 7) is 8.01. The Labute approximate surface area is 122 Å². The van der Waals surface area contributed by atoms with E-state index >= 15 is 0 Å². The molecule has 0 radical (unpaired) electrons. The van der Waals surface area contributed by atoms with Gasteiger partial charge in [-0.1, -0.05) is 6.07 Å². The molecule has 0 unspecified atom stereocenters. The van der Waals surface area contributed by atoms with Crippen molar-refractivity contribution in [3.05, 3.63) is 29.6 Å². The van der Waals surface area contributed by atoms with Crippen LogP contribution in [0, 0.1) is 5.92 Å². The Hall–Kier alpha value is -0.970. The smallest absolute Gasteiger partial charge is 0.0547 e. The second-order valence-corrected chi connectivity index (χ2v) is 6.17. The van der Waals surface area contributed by atoms with Gasteiger partial charge in [-0.3, -0.25) is 9.88 Å². The number of aromatic nitrogens is 1. The second kappa shape index (κ2) is 6.66. The average Bonchev–Trinajstić information content (AvgIpc) is 3.26. The maximum atomic E-state index is 4.72. The van der Waals surface area contributed by atoms with Crippen molar-refractivity contribution in [2.24, 2.45) is 5.92 Å². The molecule has 4 heteroatoms. The van der Waals surface area contributed by atoms with E-state index in [1.165, 1.54) is 51.3 Å². The first-order valence-electron chi connectivity index (χ1n) is 7.87. The fourth-order valence-corrected chi connectivity index (χ4v) is 2.92. The van der Waals surface area contributed by atoms with Crippen LogP contribution < -0.4 is 5.32 Å². The van der Waals surface area contributed by atoms with Crippen molar-refractivity contribution in [3.63, 3.8) is 0 Å². The average molecular weight is 274 g/mol. The predicted octanol–water partition coefficient (Wildman–Crippen LogP) is 1.33. The van der Waals surface area contributed by atoms with Crippen LogP contribution in [0.1, 0.15) is 24.2 Å². The molecular formula is C16H26N4. The summed E-state index contributed by atoms with van der Waals surface area (Å²) in [4.78, 5) is 9.89. The fraction of sp³-hybridized carbons (Fsp3) is 0.688. The van der Waals surface area contributed by atoms with E-state index in [2.05, 4.69) is 33.3 Å². The molecule has 1 aliphatic carbocycles. The highest BCUT2D eigenvalue weighted by molar-refractivity contribution is 5.11. The molecule has 2 aliphatic rings. The fourth-order valence-electron chi connectivity index (χ4n) is 2.92. The summed E-state index contributed by atoms with van der Waals surface area (Å²) in [5.74, 6) is 1.02. The van der Waals surface area contributed by atoms with Gasteiger partial charge in [0.25, 0.3) is 0 Å². The lowest BCUT2D eigenvalue weighted by Crippen LogP contribution is -2.46. The number of hydrogen-bond donors (Lipinski definition) is 1. The number of rotatable bonds is 6. The van der Waals surface area contributed by atoms with Crippen LogP contribution in [0.15, 0.2) is 18.2 Å². The molecule has 0 amide bonds. The Balaban J connectivity index is 1.47. The first-order valence-corrected chi connectivity index (χ1v) is 7.87. The van der Waals surface area contributed by atoms with Crippen molar-refractivity contribution in [1.82, 2.24) is 20.1 Å². The topological polar surface area (TPSA) is 31.4 Å². The van der Waals surface area contributed by atoms with E-state index in [-0.39, 0.29) is 0 Å². The molecule has 2 heterocycles. The van der Waals surface area contributed by atoms with Crippen LogP contribution in [0.3, 0.4) is 0 Å². The zero-order valence-corrected chi connectivity index (χ0v) is 12.5. The summed E-state index contributed by atoms with van der Waals surface area (Å²) in [5, 5.41) is 3.16. The minimum absolute atomic E-state index is 0.850. The van der Waals surface area contributed by atoms with Gasteiger partial charge in [-0.15, -0.1) is 0 Å². The Morgan fingerprint density at radius 1 is 1.10 bits per heavy atom. The summed E-state index contributed by atoms with van der Waals surface area (Å²) in [6, 6.07) is 6.36. The molecule has 1 N–H and O–H groups in total. The van der Waals surface area contributed by atoms with E-state index in [9.17, 15) is 0 Å². The van der Waals surface area contributed by atoms with E-state index in [1.54, 1.807) is 0 Å². The van der Waals surface area contributed by atoms with E-state index in [1.807, 2.05) is 7.05 Å². The molecule has 1 saturated heterocycles. The minimum Gasteiger partial charge on any atom is -0.314 e. The van der Waals surface area contributed by atoms with Gasteiger partial charge in [-0.05, 0) is 37.9 Å². The highest BCUT2D eigenvalue weighted by atomic mass is 15.3. The van der Waals surface area contributed by atoms with Crippen LogP contribution in [-0.4, -0.2) is 54.6 Å². The van der Waals surface area contributed by atoms with Gasteiger partial charge in [0.05, 0.1) is 11.4 Å². The van der Waals surface area contributed by atoms with E-state index in [0.29, 0.717) is 0 Å². The molecule has 0 bridgehead atoms. The van der Waals surface area contributed by atoms with Gasteiger partial charge < -0.3 is 10.2 Å². The normalized spacial score (nSPS) is 21.2. The lowest BCUT2D eigenvalue weighted by atomic mass is 10.2. The first kappa shape index (κ1) is 14.0. The number of nitrogens with one attached hydrogen (secondary N) is 1. The molecule has 1 aromatic heterocycles. The maximum absolute atomic E-state index is 4.72. The van der Waals surface area contributed by atoms with Gasteiger partial charge in [-0.2, -0.15) is 0 Å². The molecule has 1 saturated carbocycles. The largest absolute Gasteiger partial charge is 0.314 e. The number of piperazine rings is 1. The van der Waals surface area contributed by atoms with Crippen molar-refractivity contribution in [2.75, 3.05) is 39.8 Å². The SMILES string of the molecule is CNCc1cccc(CN2CCN(CC3CC3)CC2)n1. The molecule has 20 heavy (non-hydrogen) atoms. The Bertz CT molecular complexity index is 422. The molecule has 110 valence electrons. The Morgan fingerprint density at radius 2 is 1.80 bits per heavy atom. The van der Waals surface area contributed by atoms with E-state index < -0.39 is 0 Å². The van der Waals surface area contributed by atoms with Crippen LogP contribution in [0.5, 0.6) is 0 Å². The summed E-state index contributed by atoms with van der Waals surface area (Å²) < 4.78 is 0. The molecule has 0 aromatic carbocycles. The van der Waals surface area contributed by atoms with Crippen LogP contribution in [0.4, 0.5) is 0 Å². The summed E-state index contributed by atoms with van der Waals surface area (Å²) >= 11 is 0. The van der Waals surface area contributed by atoms with Gasteiger partial charge in [-0.25, -0.2) is 0 Å². The van der Waals surface area contributed by atoms with Crippen molar-refractivity contribution in [1.29, 1.82) is 0 Å². The third-order valence-electron chi connectivity index (χ3n) is 4.29. The summed E-state index contributed by atoms with van der Waals surface area (Å²) in [6.07, 6.45) is 2.92. The van der Waals surface area contributed by atoms with Crippen LogP contribution >= 0.6 is 0 Å². The first-order chi connectivity index (χ1) is 9.83. The molecule has 4 nitrogen and oxygen atoms in total. The molecule has 1 aromatic rings. The molecule has 3 rings (SSSR count). The zero-order valence-electron chi connectivity index (χ0n) is 12.5. The quantitative estimate of drug-likeness (QED) is 0.848. The van der Waals surface area contributed by atoms with Gasteiger partial charge in [0.15, 0.2) is 0 Å². The number of pyridine rings is 1. The molecule has 1 aliphatic heterocycles. The van der Waals surface area contributed by atoms with Gasteiger partial charge in [0.2, 0.25) is 0 Å². The van der Waals surface area contributed by atoms with Gasteiger partial charge in [0, 0.05) is 45.8 Å². The zero-order chi connectivity index (χ0) is 13.8. The lowest BCUT2D eigenvalue weighted by Gasteiger charge is -2.34. The molecule has 2 fully saturated rings. The molecular weight excluding hydrogens is 248 g/mol. The van der Waals surface area contributed by atoms with Gasteiger partial charge >= 0.3 is 0 Å². The van der Waals surface area contributed by atoms with Crippen LogP contribution in [-0.2, 0) is 13.1 Å². The Kier molecular flexibility index (Phi) is 4.65.